The molecule has 1 aromatic rings. The van der Waals surface area contributed by atoms with Crippen LogP contribution in [-0.4, -0.2) is 23.8 Å². The minimum Gasteiger partial charge on any atom is -0.302 e. The molecule has 1 fully saturated rings. The lowest BCUT2D eigenvalue weighted by Crippen LogP contribution is -2.36. The van der Waals surface area contributed by atoms with Crippen LogP contribution in [0, 0.1) is 11.2 Å². The molecule has 0 N–H and O–H groups in total. The molecular weight excluding hydrogens is 317 g/mol. The lowest BCUT2D eigenvalue weighted by atomic mass is 9.82. The van der Waals surface area contributed by atoms with Gasteiger partial charge in [-0.05, 0) is 43.0 Å². The van der Waals surface area contributed by atoms with Gasteiger partial charge in [-0.2, -0.15) is 0 Å². The zero-order valence-electron chi connectivity index (χ0n) is 12.4. The normalized spacial score (nSPS) is 19.0. The van der Waals surface area contributed by atoms with Crippen LogP contribution >= 0.6 is 15.9 Å². The Balaban J connectivity index is 1.94. The molecule has 0 radical (unpaired) electrons. The fourth-order valence-electron chi connectivity index (χ4n) is 3.34. The van der Waals surface area contributed by atoms with Crippen LogP contribution in [0.1, 0.15) is 44.1 Å². The molecule has 0 heterocycles. The van der Waals surface area contributed by atoms with Gasteiger partial charge in [0.1, 0.15) is 5.82 Å². The minimum atomic E-state index is -0.155. The van der Waals surface area contributed by atoms with E-state index in [1.165, 1.54) is 44.1 Å². The van der Waals surface area contributed by atoms with E-state index in [2.05, 4.69) is 27.9 Å². The molecule has 0 saturated heterocycles. The predicted molar refractivity (Wildman–Crippen MR) is 86.7 cm³/mol. The SMILES string of the molecule is CN(Cc1ccc(F)cc1)CC1(CBr)CCCCCC1. The van der Waals surface area contributed by atoms with Crippen LogP contribution in [0.5, 0.6) is 0 Å². The summed E-state index contributed by atoms with van der Waals surface area (Å²) in [6.07, 6.45) is 8.14. The lowest BCUT2D eigenvalue weighted by molar-refractivity contribution is 0.171. The fourth-order valence-corrected chi connectivity index (χ4v) is 4.08. The second-order valence-electron chi connectivity index (χ2n) is 6.35. The average Bonchev–Trinajstić information content (AvgIpc) is 2.67. The molecule has 20 heavy (non-hydrogen) atoms. The standard InChI is InChI=1S/C17H25BrFN/c1-20(12-15-6-8-16(19)9-7-15)14-17(13-18)10-4-2-3-5-11-17/h6-9H,2-5,10-14H2,1H3. The summed E-state index contributed by atoms with van der Waals surface area (Å²) in [5.74, 6) is -0.155. The number of hydrogen-bond donors (Lipinski definition) is 0. The van der Waals surface area contributed by atoms with E-state index in [4.69, 9.17) is 0 Å². The van der Waals surface area contributed by atoms with E-state index in [-0.39, 0.29) is 5.82 Å². The average molecular weight is 342 g/mol. The molecule has 3 heteroatoms. The van der Waals surface area contributed by atoms with E-state index in [9.17, 15) is 4.39 Å². The van der Waals surface area contributed by atoms with Gasteiger partial charge in [-0.15, -0.1) is 0 Å². The molecule has 1 aliphatic carbocycles. The van der Waals surface area contributed by atoms with E-state index in [1.807, 2.05) is 12.1 Å². The fraction of sp³-hybridized carbons (Fsp3) is 0.647. The summed E-state index contributed by atoms with van der Waals surface area (Å²) in [5.41, 5.74) is 1.61. The predicted octanol–water partition coefficient (Wildman–Crippen LogP) is 4.99. The third-order valence-corrected chi connectivity index (χ3v) is 5.61. The first kappa shape index (κ1) is 16.0. The van der Waals surface area contributed by atoms with Gasteiger partial charge in [0.15, 0.2) is 0 Å². The summed E-state index contributed by atoms with van der Waals surface area (Å²) < 4.78 is 12.9. The first-order valence-electron chi connectivity index (χ1n) is 7.63. The first-order valence-corrected chi connectivity index (χ1v) is 8.75. The second kappa shape index (κ2) is 7.56. The molecule has 1 saturated carbocycles. The highest BCUT2D eigenvalue weighted by molar-refractivity contribution is 9.09. The van der Waals surface area contributed by atoms with Crippen molar-refractivity contribution in [2.75, 3.05) is 18.9 Å². The summed E-state index contributed by atoms with van der Waals surface area (Å²) in [5, 5.41) is 1.09. The zero-order chi connectivity index (χ0) is 14.4. The van der Waals surface area contributed by atoms with Crippen molar-refractivity contribution >= 4 is 15.9 Å². The quantitative estimate of drug-likeness (QED) is 0.538. The molecule has 0 bridgehead atoms. The highest BCUT2D eigenvalue weighted by atomic mass is 79.9. The number of alkyl halides is 1. The molecule has 1 nitrogen and oxygen atoms in total. The molecule has 0 aliphatic heterocycles. The maximum absolute atomic E-state index is 12.9. The number of halogens is 2. The van der Waals surface area contributed by atoms with E-state index in [1.54, 1.807) is 12.1 Å². The van der Waals surface area contributed by atoms with E-state index in [0.29, 0.717) is 5.41 Å². The zero-order valence-corrected chi connectivity index (χ0v) is 14.0. The monoisotopic (exact) mass is 341 g/mol. The van der Waals surface area contributed by atoms with Crippen molar-refractivity contribution in [1.29, 1.82) is 0 Å². The number of benzene rings is 1. The Kier molecular flexibility index (Phi) is 6.03. The van der Waals surface area contributed by atoms with Crippen molar-refractivity contribution in [3.05, 3.63) is 35.6 Å². The molecule has 0 amide bonds. The molecule has 0 spiro atoms. The highest BCUT2D eigenvalue weighted by Crippen LogP contribution is 2.37. The molecule has 1 aliphatic rings. The van der Waals surface area contributed by atoms with Crippen LogP contribution in [0.2, 0.25) is 0 Å². The molecule has 1 aromatic carbocycles. The second-order valence-corrected chi connectivity index (χ2v) is 6.91. The maximum atomic E-state index is 12.9. The maximum Gasteiger partial charge on any atom is 0.123 e. The summed E-state index contributed by atoms with van der Waals surface area (Å²) in [6.45, 7) is 2.02. The van der Waals surface area contributed by atoms with Gasteiger partial charge in [-0.1, -0.05) is 53.7 Å². The molecular formula is C17H25BrFN. The molecule has 0 atom stereocenters. The van der Waals surface area contributed by atoms with E-state index in [0.717, 1.165) is 18.4 Å². The minimum absolute atomic E-state index is 0.155. The molecule has 2 rings (SSSR count). The lowest BCUT2D eigenvalue weighted by Gasteiger charge is -2.35. The van der Waals surface area contributed by atoms with Crippen LogP contribution < -0.4 is 0 Å². The van der Waals surface area contributed by atoms with Crippen LogP contribution in [0.4, 0.5) is 4.39 Å². The Labute approximate surface area is 130 Å². The van der Waals surface area contributed by atoms with Crippen LogP contribution in [0.25, 0.3) is 0 Å². The Hall–Kier alpha value is -0.410. The molecule has 0 aromatic heterocycles. The molecule has 112 valence electrons. The van der Waals surface area contributed by atoms with Gasteiger partial charge < -0.3 is 4.90 Å². The van der Waals surface area contributed by atoms with Crippen LogP contribution in [0.3, 0.4) is 0 Å². The van der Waals surface area contributed by atoms with Crippen molar-refractivity contribution in [1.82, 2.24) is 4.90 Å². The van der Waals surface area contributed by atoms with Crippen molar-refractivity contribution in [3.63, 3.8) is 0 Å². The topological polar surface area (TPSA) is 3.24 Å². The number of nitrogens with zero attached hydrogens (tertiary/aromatic N) is 1. The van der Waals surface area contributed by atoms with Gasteiger partial charge in [0.05, 0.1) is 0 Å². The Morgan fingerprint density at radius 2 is 1.70 bits per heavy atom. The smallest absolute Gasteiger partial charge is 0.123 e. The van der Waals surface area contributed by atoms with Gasteiger partial charge in [-0.25, -0.2) is 4.39 Å². The highest BCUT2D eigenvalue weighted by Gasteiger charge is 2.30. The molecule has 0 unspecified atom stereocenters. The van der Waals surface area contributed by atoms with Crippen molar-refractivity contribution in [2.45, 2.75) is 45.1 Å². The van der Waals surface area contributed by atoms with E-state index < -0.39 is 0 Å². The van der Waals surface area contributed by atoms with Gasteiger partial charge in [0, 0.05) is 18.4 Å². The Bertz CT molecular complexity index is 396. The number of hydrogen-bond acceptors (Lipinski definition) is 1. The van der Waals surface area contributed by atoms with Crippen molar-refractivity contribution in [3.8, 4) is 0 Å². The largest absolute Gasteiger partial charge is 0.302 e. The Morgan fingerprint density at radius 3 is 2.25 bits per heavy atom. The summed E-state index contributed by atoms with van der Waals surface area (Å²) in [7, 11) is 2.18. The van der Waals surface area contributed by atoms with Crippen molar-refractivity contribution in [2.24, 2.45) is 5.41 Å². The van der Waals surface area contributed by atoms with Gasteiger partial charge in [0.25, 0.3) is 0 Å². The van der Waals surface area contributed by atoms with Gasteiger partial charge in [-0.3, -0.25) is 0 Å². The van der Waals surface area contributed by atoms with Crippen LogP contribution in [0.15, 0.2) is 24.3 Å². The third-order valence-electron chi connectivity index (χ3n) is 4.42. The van der Waals surface area contributed by atoms with E-state index >= 15 is 0 Å². The number of rotatable bonds is 5. The Morgan fingerprint density at radius 1 is 1.10 bits per heavy atom. The van der Waals surface area contributed by atoms with Crippen molar-refractivity contribution < 1.29 is 4.39 Å². The third kappa shape index (κ3) is 4.56. The summed E-state index contributed by atoms with van der Waals surface area (Å²) in [4.78, 5) is 2.39. The summed E-state index contributed by atoms with van der Waals surface area (Å²) >= 11 is 3.75. The van der Waals surface area contributed by atoms with Gasteiger partial charge in [0.2, 0.25) is 0 Å². The summed E-state index contributed by atoms with van der Waals surface area (Å²) in [6, 6.07) is 6.88. The van der Waals surface area contributed by atoms with Gasteiger partial charge >= 0.3 is 0 Å². The first-order chi connectivity index (χ1) is 9.63. The van der Waals surface area contributed by atoms with Crippen LogP contribution in [-0.2, 0) is 6.54 Å².